The average molecular weight is 569 g/mol. The minimum absolute atomic E-state index is 0. The second-order valence-electron chi connectivity index (χ2n) is 10.3. The zero-order valence-corrected chi connectivity index (χ0v) is 25.5. The number of anilines is 2. The summed E-state index contributed by atoms with van der Waals surface area (Å²) in [6, 6.07) is 26.6. The quantitative estimate of drug-likeness (QED) is 0.227. The van der Waals surface area contributed by atoms with Crippen molar-refractivity contribution in [2.45, 2.75) is 44.3 Å². The van der Waals surface area contributed by atoms with Crippen LogP contribution in [0.3, 0.4) is 0 Å². The summed E-state index contributed by atoms with van der Waals surface area (Å²) < 4.78 is 2.74. The van der Waals surface area contributed by atoms with Crippen LogP contribution in [-0.4, -0.2) is 8.24 Å². The second kappa shape index (κ2) is 11.5. The molecule has 1 aliphatic heterocycles. The van der Waals surface area contributed by atoms with E-state index in [1.165, 1.54) is 29.8 Å². The number of nitrogens with zero attached hydrogens (tertiary/aromatic N) is 2. The van der Waals surface area contributed by atoms with Crippen LogP contribution >= 0.6 is 18.6 Å². The molecule has 6 rings (SSSR count). The van der Waals surface area contributed by atoms with Crippen molar-refractivity contribution in [1.29, 1.82) is 0 Å². The van der Waals surface area contributed by atoms with Gasteiger partial charge in [0.1, 0.15) is 0 Å². The Labute approximate surface area is 234 Å². The van der Waals surface area contributed by atoms with E-state index in [4.69, 9.17) is 23.9 Å². The van der Waals surface area contributed by atoms with E-state index in [0.717, 1.165) is 17.3 Å². The maximum atomic E-state index is 5.02. The molecule has 0 bridgehead atoms. The summed E-state index contributed by atoms with van der Waals surface area (Å²) in [6.07, 6.45) is 7.53. The number of allylic oxidation sites excluding steroid dienone is 1. The molecule has 1 unspecified atom stereocenters. The molecule has 0 aromatic heterocycles. The summed E-state index contributed by atoms with van der Waals surface area (Å²) in [5.74, 6) is 2.02. The van der Waals surface area contributed by atoms with Gasteiger partial charge in [0, 0.05) is 11.4 Å². The van der Waals surface area contributed by atoms with Gasteiger partial charge in [-0.1, -0.05) is 99.3 Å². The van der Waals surface area contributed by atoms with Crippen molar-refractivity contribution >= 4 is 55.7 Å². The van der Waals surface area contributed by atoms with Gasteiger partial charge in [-0.05, 0) is 53.0 Å². The molecule has 0 saturated heterocycles. The van der Waals surface area contributed by atoms with Crippen molar-refractivity contribution in [1.82, 2.24) is 0 Å². The minimum atomic E-state index is -1.96. The van der Waals surface area contributed by atoms with E-state index in [1.54, 1.807) is 5.56 Å². The molecule has 2 aliphatic carbocycles. The third kappa shape index (κ3) is 4.74. The molecule has 36 heavy (non-hydrogen) atoms. The first-order valence-corrected chi connectivity index (χ1v) is 19.8. The van der Waals surface area contributed by atoms with Gasteiger partial charge in [-0.15, -0.1) is 11.4 Å². The normalized spacial score (nSPS) is 23.0. The molecule has 0 amide bonds. The Balaban J connectivity index is 0.000000726. The van der Waals surface area contributed by atoms with Crippen LogP contribution in [0.2, 0.25) is 18.6 Å². The van der Waals surface area contributed by atoms with Crippen LogP contribution in [0.5, 0.6) is 0 Å². The fourth-order valence-electron chi connectivity index (χ4n) is 6.99. The summed E-state index contributed by atoms with van der Waals surface area (Å²) in [6.45, 7) is 7.62. The van der Waals surface area contributed by atoms with E-state index in [1.807, 2.05) is 0 Å². The summed E-state index contributed by atoms with van der Waals surface area (Å²) >= 11 is -0.556. The maximum absolute atomic E-state index is 5.02. The van der Waals surface area contributed by atoms with Crippen LogP contribution in [-0.2, 0) is 17.0 Å². The van der Waals surface area contributed by atoms with Crippen LogP contribution in [0.15, 0.2) is 78.9 Å². The fraction of sp³-hybridized carbons (Fsp3) is 0.300. The molecule has 0 spiro atoms. The average Bonchev–Trinajstić information content (AvgIpc) is 3.28. The van der Waals surface area contributed by atoms with Gasteiger partial charge in [-0.2, -0.15) is 0 Å². The van der Waals surface area contributed by atoms with Gasteiger partial charge in [0.25, 0.3) is 0 Å². The first kappa shape index (κ1) is 27.5. The molecule has 1 fully saturated rings. The van der Waals surface area contributed by atoms with Crippen molar-refractivity contribution in [3.63, 3.8) is 0 Å². The van der Waals surface area contributed by atoms with Crippen molar-refractivity contribution < 1.29 is 17.0 Å². The topological polar surface area (TPSA) is 17.3 Å². The molecule has 4 atom stereocenters. The second-order valence-corrected chi connectivity index (χ2v) is 17.3. The third-order valence-corrected chi connectivity index (χ3v) is 12.4. The standard InChI is InChI=1S/C29H31N2Si.CH3.2ClH.Ti/c1-4-20-19-24-22-12-6-5-11-21(22)17-18-23(24)29(20)32(2,3)31-27-15-9-7-13-25(27)30-26-14-8-10-16-28(26)31;;;;/h5-18,20,23-24,29H,4,19H2,1-3H3;1H3;2*1H;/q2*-1;;;+2/p-2/t20-,23+,24-,29?;;;;/m1..../s1. The summed E-state index contributed by atoms with van der Waals surface area (Å²) in [4.78, 5) is 0. The van der Waals surface area contributed by atoms with Crippen molar-refractivity contribution in [2.75, 3.05) is 4.57 Å². The molecular weight excluding hydrogens is 535 g/mol. The number of halogens is 2. The Morgan fingerprint density at radius 2 is 1.47 bits per heavy atom. The molecule has 3 aliphatic rings. The van der Waals surface area contributed by atoms with E-state index >= 15 is 0 Å². The predicted octanol–water partition coefficient (Wildman–Crippen LogP) is 10.7. The van der Waals surface area contributed by atoms with Crippen LogP contribution in [0.4, 0.5) is 22.7 Å². The Bertz CT molecular complexity index is 1190. The molecule has 2 nitrogen and oxygen atoms in total. The Hall–Kier alpha value is -1.49. The number of hydrogen-bond acceptors (Lipinski definition) is 1. The molecule has 188 valence electrons. The zero-order valence-electron chi connectivity index (χ0n) is 21.5. The van der Waals surface area contributed by atoms with Crippen LogP contribution in [0, 0.1) is 19.3 Å². The van der Waals surface area contributed by atoms with Crippen LogP contribution in [0.25, 0.3) is 11.4 Å². The van der Waals surface area contributed by atoms with E-state index in [-0.39, 0.29) is 7.43 Å². The third-order valence-electron chi connectivity index (χ3n) is 8.24. The summed E-state index contributed by atoms with van der Waals surface area (Å²) in [5.41, 5.74) is 8.50. The van der Waals surface area contributed by atoms with Crippen LogP contribution < -0.4 is 4.57 Å². The summed E-state index contributed by atoms with van der Waals surface area (Å²) in [7, 11) is 7.81. The van der Waals surface area contributed by atoms with Crippen molar-refractivity contribution in [2.24, 2.45) is 11.8 Å². The van der Waals surface area contributed by atoms with Gasteiger partial charge in [0.2, 0.25) is 0 Å². The van der Waals surface area contributed by atoms with Gasteiger partial charge < -0.3 is 17.3 Å². The first-order chi connectivity index (χ1) is 17.0. The van der Waals surface area contributed by atoms with Gasteiger partial charge in [0.05, 0.1) is 0 Å². The Kier molecular flexibility index (Phi) is 8.79. The van der Waals surface area contributed by atoms with Gasteiger partial charge in [0.15, 0.2) is 8.24 Å². The van der Waals surface area contributed by atoms with Gasteiger partial charge in [-0.3, -0.25) is 0 Å². The fourth-order valence-corrected chi connectivity index (χ4v) is 11.7. The van der Waals surface area contributed by atoms with E-state index in [0.29, 0.717) is 17.4 Å². The molecule has 1 saturated carbocycles. The number of rotatable bonds is 3. The first-order valence-electron chi connectivity index (χ1n) is 12.4. The molecular formula is C30H34Cl2N2SiTi-2. The SMILES string of the molecule is CC[C@@H]1C[C@@H]2c3ccccc3C=C[C@@H]2C1[Si](C)(C)N1c2ccccc2[N-]c2ccccc21.[CH3-].[Cl][Ti][Cl]. The van der Waals surface area contributed by atoms with Gasteiger partial charge >= 0.3 is 35.6 Å². The number of fused-ring (bicyclic) bond motifs is 5. The Morgan fingerprint density at radius 1 is 0.917 bits per heavy atom. The molecule has 6 heteroatoms. The predicted molar refractivity (Wildman–Crippen MR) is 157 cm³/mol. The van der Waals surface area contributed by atoms with E-state index < -0.39 is 25.3 Å². The van der Waals surface area contributed by atoms with Crippen molar-refractivity contribution in [3.8, 4) is 0 Å². The van der Waals surface area contributed by atoms with Crippen LogP contribution in [0.1, 0.15) is 36.8 Å². The van der Waals surface area contributed by atoms with Gasteiger partial charge in [-0.25, -0.2) is 0 Å². The molecule has 3 aromatic rings. The van der Waals surface area contributed by atoms with E-state index in [9.17, 15) is 0 Å². The Morgan fingerprint density at radius 3 is 2.08 bits per heavy atom. The molecule has 1 heterocycles. The monoisotopic (exact) mass is 568 g/mol. The zero-order chi connectivity index (χ0) is 24.6. The number of para-hydroxylation sites is 4. The summed E-state index contributed by atoms with van der Waals surface area (Å²) in [5, 5.41) is 5.02. The van der Waals surface area contributed by atoms with E-state index in [2.05, 4.69) is 110 Å². The number of hydrogen-bond donors (Lipinski definition) is 0. The molecule has 0 N–H and O–H groups in total. The molecule has 3 aromatic carbocycles. The molecule has 0 radical (unpaired) electrons. The number of benzene rings is 3. The van der Waals surface area contributed by atoms with Crippen molar-refractivity contribution in [3.05, 3.63) is 103 Å².